The fraction of sp³-hybridized carbons (Fsp3) is 0.261. The predicted molar refractivity (Wildman–Crippen MR) is 118 cm³/mol. The van der Waals surface area contributed by atoms with Crippen molar-refractivity contribution in [3.8, 4) is 5.75 Å². The highest BCUT2D eigenvalue weighted by Crippen LogP contribution is 2.39. The molecule has 0 saturated heterocycles. The molecule has 3 aromatic rings. The lowest BCUT2D eigenvalue weighted by atomic mass is 10.0. The maximum absolute atomic E-state index is 13.2. The molecule has 0 spiro atoms. The van der Waals surface area contributed by atoms with Crippen LogP contribution in [0.15, 0.2) is 53.7 Å². The van der Waals surface area contributed by atoms with Gasteiger partial charge in [-0.25, -0.2) is 4.99 Å². The first kappa shape index (κ1) is 19.3. The Morgan fingerprint density at radius 2 is 1.97 bits per heavy atom. The normalized spacial score (nSPS) is 13.7. The van der Waals surface area contributed by atoms with Crippen molar-refractivity contribution in [2.75, 3.05) is 12.4 Å². The third kappa shape index (κ3) is 4.54. The van der Waals surface area contributed by atoms with Crippen molar-refractivity contribution in [2.24, 2.45) is 4.99 Å². The number of carbonyl (C=O) groups excluding carboxylic acids is 1. The molecule has 2 aromatic heterocycles. The molecular formula is C23H23N3O2S. The molecule has 1 aromatic carbocycles. The molecule has 1 aliphatic carbocycles. The number of hydrogen-bond donors (Lipinski definition) is 1. The molecular weight excluding hydrogens is 382 g/mol. The van der Waals surface area contributed by atoms with E-state index in [2.05, 4.69) is 15.3 Å². The Bertz CT molecular complexity index is 1010. The minimum atomic E-state index is -0.109. The summed E-state index contributed by atoms with van der Waals surface area (Å²) in [5.74, 6) is 0.649. The molecule has 29 heavy (non-hydrogen) atoms. The van der Waals surface area contributed by atoms with Crippen LogP contribution in [0.1, 0.15) is 45.8 Å². The number of amides is 1. The molecule has 0 atom stereocenters. The SMILES string of the molecule is COc1ccc(NC(=O)c2c(/N=C/c3ccccn3)sc3c2CCCCC3)cc1. The quantitative estimate of drug-likeness (QED) is 0.455. The largest absolute Gasteiger partial charge is 0.497 e. The van der Waals surface area contributed by atoms with E-state index in [1.165, 1.54) is 11.3 Å². The van der Waals surface area contributed by atoms with Crippen molar-refractivity contribution in [3.63, 3.8) is 0 Å². The van der Waals surface area contributed by atoms with Gasteiger partial charge in [-0.3, -0.25) is 9.78 Å². The summed E-state index contributed by atoms with van der Waals surface area (Å²) in [6.45, 7) is 0. The zero-order chi connectivity index (χ0) is 20.1. The first-order valence-electron chi connectivity index (χ1n) is 9.79. The maximum atomic E-state index is 13.2. The molecule has 2 heterocycles. The van der Waals surface area contributed by atoms with E-state index in [4.69, 9.17) is 4.74 Å². The summed E-state index contributed by atoms with van der Waals surface area (Å²) in [7, 11) is 1.63. The highest BCUT2D eigenvalue weighted by molar-refractivity contribution is 7.16. The number of hydrogen-bond acceptors (Lipinski definition) is 5. The van der Waals surface area contributed by atoms with Gasteiger partial charge in [0.15, 0.2) is 0 Å². The van der Waals surface area contributed by atoms with Crippen molar-refractivity contribution in [3.05, 3.63) is 70.4 Å². The van der Waals surface area contributed by atoms with Crippen LogP contribution < -0.4 is 10.1 Å². The minimum Gasteiger partial charge on any atom is -0.497 e. The number of rotatable bonds is 5. The maximum Gasteiger partial charge on any atom is 0.259 e. The summed E-state index contributed by atoms with van der Waals surface area (Å²) in [5, 5.41) is 3.79. The van der Waals surface area contributed by atoms with Gasteiger partial charge < -0.3 is 10.1 Å². The van der Waals surface area contributed by atoms with Crippen LogP contribution in [0, 0.1) is 0 Å². The Labute approximate surface area is 174 Å². The number of anilines is 1. The molecule has 4 rings (SSSR count). The van der Waals surface area contributed by atoms with E-state index >= 15 is 0 Å². The van der Waals surface area contributed by atoms with Crippen molar-refractivity contribution in [1.29, 1.82) is 0 Å². The van der Waals surface area contributed by atoms with Crippen molar-refractivity contribution < 1.29 is 9.53 Å². The molecule has 0 bridgehead atoms. The lowest BCUT2D eigenvalue weighted by molar-refractivity contribution is 0.102. The van der Waals surface area contributed by atoms with Gasteiger partial charge in [0.25, 0.3) is 5.91 Å². The second-order valence-electron chi connectivity index (χ2n) is 6.94. The number of benzene rings is 1. The number of ether oxygens (including phenoxy) is 1. The summed E-state index contributed by atoms with van der Waals surface area (Å²) < 4.78 is 5.19. The van der Waals surface area contributed by atoms with Gasteiger partial charge in [-0.05, 0) is 67.6 Å². The number of aliphatic imine (C=N–C) groups is 1. The molecule has 1 N–H and O–H groups in total. The van der Waals surface area contributed by atoms with Gasteiger partial charge in [-0.1, -0.05) is 12.5 Å². The third-order valence-electron chi connectivity index (χ3n) is 4.98. The number of pyridine rings is 1. The third-order valence-corrected chi connectivity index (χ3v) is 6.18. The van der Waals surface area contributed by atoms with Crippen LogP contribution in [0.25, 0.3) is 0 Å². The molecule has 0 aliphatic heterocycles. The molecule has 1 aliphatic rings. The van der Waals surface area contributed by atoms with Crippen molar-refractivity contribution >= 4 is 34.1 Å². The molecule has 0 unspecified atom stereocenters. The number of nitrogens with one attached hydrogen (secondary N) is 1. The number of thiophene rings is 1. The van der Waals surface area contributed by atoms with E-state index in [1.54, 1.807) is 30.9 Å². The Hall–Kier alpha value is -2.99. The Morgan fingerprint density at radius 1 is 1.14 bits per heavy atom. The highest BCUT2D eigenvalue weighted by Gasteiger charge is 2.24. The Kier molecular flexibility index (Phi) is 6.00. The molecule has 0 radical (unpaired) electrons. The predicted octanol–water partition coefficient (Wildman–Crippen LogP) is 5.42. The molecule has 6 heteroatoms. The second kappa shape index (κ2) is 9.01. The van der Waals surface area contributed by atoms with E-state index in [-0.39, 0.29) is 5.91 Å². The summed E-state index contributed by atoms with van der Waals surface area (Å²) >= 11 is 1.63. The lowest BCUT2D eigenvalue weighted by Gasteiger charge is -2.08. The van der Waals surface area contributed by atoms with Gasteiger partial charge in [0.1, 0.15) is 10.8 Å². The molecule has 5 nitrogen and oxygen atoms in total. The number of carbonyl (C=O) groups is 1. The number of methoxy groups -OCH3 is 1. The summed E-state index contributed by atoms with van der Waals surface area (Å²) in [6.07, 6.45) is 8.88. The summed E-state index contributed by atoms with van der Waals surface area (Å²) in [5.41, 5.74) is 3.38. The molecule has 0 saturated carbocycles. The van der Waals surface area contributed by atoms with Crippen LogP contribution >= 0.6 is 11.3 Å². The van der Waals surface area contributed by atoms with Crippen LogP contribution in [0.3, 0.4) is 0 Å². The van der Waals surface area contributed by atoms with Crippen LogP contribution in [0.5, 0.6) is 5.75 Å². The molecule has 148 valence electrons. The fourth-order valence-corrected chi connectivity index (χ4v) is 4.73. The van der Waals surface area contributed by atoms with E-state index in [9.17, 15) is 4.79 Å². The van der Waals surface area contributed by atoms with Gasteiger partial charge in [0.05, 0.1) is 24.6 Å². The Balaban J connectivity index is 1.66. The number of aromatic nitrogens is 1. The Morgan fingerprint density at radius 3 is 2.72 bits per heavy atom. The number of aryl methyl sites for hydroxylation is 1. The minimum absolute atomic E-state index is 0.109. The highest BCUT2D eigenvalue weighted by atomic mass is 32.1. The van der Waals surface area contributed by atoms with E-state index in [0.29, 0.717) is 5.56 Å². The zero-order valence-electron chi connectivity index (χ0n) is 16.4. The topological polar surface area (TPSA) is 63.6 Å². The number of fused-ring (bicyclic) bond motifs is 1. The van der Waals surface area contributed by atoms with Gasteiger partial charge >= 0.3 is 0 Å². The zero-order valence-corrected chi connectivity index (χ0v) is 17.2. The van der Waals surface area contributed by atoms with Crippen LogP contribution in [0.4, 0.5) is 10.7 Å². The standard InChI is InChI=1S/C23H23N3O2S/c1-28-18-12-10-16(11-13-18)26-22(27)21-19-8-3-2-4-9-20(19)29-23(21)25-15-17-7-5-6-14-24-17/h5-7,10-15H,2-4,8-9H2,1H3,(H,26,27)/b25-15+. The van der Waals surface area contributed by atoms with E-state index < -0.39 is 0 Å². The van der Waals surface area contributed by atoms with Crippen LogP contribution in [-0.4, -0.2) is 24.2 Å². The van der Waals surface area contributed by atoms with Crippen molar-refractivity contribution in [2.45, 2.75) is 32.1 Å². The summed E-state index contributed by atoms with van der Waals surface area (Å²) in [6, 6.07) is 13.1. The average molecular weight is 406 g/mol. The first-order chi connectivity index (χ1) is 14.2. The van der Waals surface area contributed by atoms with Crippen LogP contribution in [0.2, 0.25) is 0 Å². The average Bonchev–Trinajstić information content (AvgIpc) is 2.95. The second-order valence-corrected chi connectivity index (χ2v) is 8.02. The molecule has 1 amide bonds. The lowest BCUT2D eigenvalue weighted by Crippen LogP contribution is -2.13. The van der Waals surface area contributed by atoms with Crippen LogP contribution in [-0.2, 0) is 12.8 Å². The van der Waals surface area contributed by atoms with Gasteiger partial charge in [0, 0.05) is 16.8 Å². The summed E-state index contributed by atoms with van der Waals surface area (Å²) in [4.78, 5) is 23.5. The fourth-order valence-electron chi connectivity index (χ4n) is 3.50. The number of nitrogens with zero attached hydrogens (tertiary/aromatic N) is 2. The van der Waals surface area contributed by atoms with E-state index in [0.717, 1.165) is 53.4 Å². The smallest absolute Gasteiger partial charge is 0.259 e. The van der Waals surface area contributed by atoms with E-state index in [1.807, 2.05) is 42.5 Å². The van der Waals surface area contributed by atoms with Gasteiger partial charge in [0.2, 0.25) is 0 Å². The van der Waals surface area contributed by atoms with Crippen molar-refractivity contribution in [1.82, 2.24) is 4.98 Å². The van der Waals surface area contributed by atoms with Gasteiger partial charge in [-0.15, -0.1) is 11.3 Å². The monoisotopic (exact) mass is 405 g/mol. The first-order valence-corrected chi connectivity index (χ1v) is 10.6. The molecule has 0 fully saturated rings. The van der Waals surface area contributed by atoms with Gasteiger partial charge in [-0.2, -0.15) is 0 Å².